The van der Waals surface area contributed by atoms with Crippen LogP contribution in [-0.4, -0.2) is 47.2 Å². The molecule has 0 spiro atoms. The predicted octanol–water partition coefficient (Wildman–Crippen LogP) is 2.87. The molecule has 2 aliphatic rings. The van der Waals surface area contributed by atoms with Crippen LogP contribution in [0.1, 0.15) is 65.7 Å². The van der Waals surface area contributed by atoms with E-state index in [1.807, 2.05) is 6.92 Å². The monoisotopic (exact) mass is 296 g/mol. The van der Waals surface area contributed by atoms with Crippen molar-refractivity contribution >= 4 is 5.97 Å². The SMILES string of the molecule is CN(CCC(C)(NC1CC1)C(=O)O)C1CCC(C)(C)CC1. The van der Waals surface area contributed by atoms with Gasteiger partial charge in [-0.05, 0) is 64.3 Å². The molecule has 4 nitrogen and oxygen atoms in total. The zero-order valence-electron chi connectivity index (χ0n) is 14.1. The minimum absolute atomic E-state index is 0.423. The summed E-state index contributed by atoms with van der Waals surface area (Å²) in [6, 6.07) is 1.05. The van der Waals surface area contributed by atoms with Crippen LogP contribution >= 0.6 is 0 Å². The zero-order chi connectivity index (χ0) is 15.7. The Morgan fingerprint density at radius 1 is 1.29 bits per heavy atom. The molecule has 0 aromatic heterocycles. The second-order valence-corrected chi connectivity index (χ2v) is 8.18. The third-order valence-electron chi connectivity index (χ3n) is 5.47. The van der Waals surface area contributed by atoms with Gasteiger partial charge in [-0.3, -0.25) is 10.1 Å². The second kappa shape index (κ2) is 6.25. The van der Waals surface area contributed by atoms with Crippen molar-refractivity contribution in [1.82, 2.24) is 10.2 Å². The van der Waals surface area contributed by atoms with Crippen molar-refractivity contribution < 1.29 is 9.90 Å². The Morgan fingerprint density at radius 3 is 2.33 bits per heavy atom. The lowest BCUT2D eigenvalue weighted by Gasteiger charge is -2.39. The van der Waals surface area contributed by atoms with Gasteiger partial charge in [0.15, 0.2) is 0 Å². The highest BCUT2D eigenvalue weighted by atomic mass is 16.4. The molecule has 0 radical (unpaired) electrons. The van der Waals surface area contributed by atoms with E-state index in [1.54, 1.807) is 0 Å². The molecule has 0 amide bonds. The molecule has 2 N–H and O–H groups in total. The summed E-state index contributed by atoms with van der Waals surface area (Å²) in [5, 5.41) is 12.8. The lowest BCUT2D eigenvalue weighted by atomic mass is 9.75. The van der Waals surface area contributed by atoms with Gasteiger partial charge in [0.25, 0.3) is 0 Å². The van der Waals surface area contributed by atoms with Gasteiger partial charge in [0.05, 0.1) is 0 Å². The standard InChI is InChI=1S/C17H32N2O2/c1-16(2)9-7-14(8-10-16)19(4)12-11-17(3,15(20)21)18-13-5-6-13/h13-14,18H,5-12H2,1-4H3,(H,20,21). The molecular weight excluding hydrogens is 264 g/mol. The van der Waals surface area contributed by atoms with E-state index in [0.717, 1.165) is 19.4 Å². The number of carboxylic acids is 1. The highest BCUT2D eigenvalue weighted by Crippen LogP contribution is 2.36. The summed E-state index contributed by atoms with van der Waals surface area (Å²) in [5.74, 6) is -0.715. The van der Waals surface area contributed by atoms with E-state index in [9.17, 15) is 9.90 Å². The van der Waals surface area contributed by atoms with Crippen molar-refractivity contribution in [2.45, 2.75) is 83.3 Å². The van der Waals surface area contributed by atoms with Crippen molar-refractivity contribution in [1.29, 1.82) is 0 Å². The number of hydrogen-bond acceptors (Lipinski definition) is 3. The number of rotatable bonds is 7. The second-order valence-electron chi connectivity index (χ2n) is 8.18. The fourth-order valence-electron chi connectivity index (χ4n) is 3.33. The van der Waals surface area contributed by atoms with Gasteiger partial charge in [0, 0.05) is 18.6 Å². The third kappa shape index (κ3) is 4.68. The summed E-state index contributed by atoms with van der Waals surface area (Å²) in [6.07, 6.45) is 7.95. The third-order valence-corrected chi connectivity index (χ3v) is 5.47. The van der Waals surface area contributed by atoms with Gasteiger partial charge in [-0.15, -0.1) is 0 Å². The topological polar surface area (TPSA) is 52.6 Å². The molecule has 2 aliphatic carbocycles. The van der Waals surface area contributed by atoms with Crippen LogP contribution < -0.4 is 5.32 Å². The first-order valence-electron chi connectivity index (χ1n) is 8.43. The van der Waals surface area contributed by atoms with E-state index >= 15 is 0 Å². The van der Waals surface area contributed by atoms with Crippen molar-refractivity contribution in [3.05, 3.63) is 0 Å². The molecule has 0 aromatic carbocycles. The van der Waals surface area contributed by atoms with Crippen molar-refractivity contribution in [3.63, 3.8) is 0 Å². The molecular formula is C17H32N2O2. The average Bonchev–Trinajstić information content (AvgIpc) is 3.19. The molecule has 0 aromatic rings. The van der Waals surface area contributed by atoms with Crippen LogP contribution in [-0.2, 0) is 4.79 Å². The highest BCUT2D eigenvalue weighted by Gasteiger charge is 2.39. The number of carboxylic acid groups (broad SMARTS) is 1. The Balaban J connectivity index is 1.81. The van der Waals surface area contributed by atoms with E-state index in [-0.39, 0.29) is 0 Å². The lowest BCUT2D eigenvalue weighted by molar-refractivity contribution is -0.144. The first-order chi connectivity index (χ1) is 9.72. The van der Waals surface area contributed by atoms with Crippen LogP contribution in [0.5, 0.6) is 0 Å². The fraction of sp³-hybridized carbons (Fsp3) is 0.941. The average molecular weight is 296 g/mol. The van der Waals surface area contributed by atoms with Gasteiger partial charge in [-0.25, -0.2) is 0 Å². The van der Waals surface area contributed by atoms with Crippen LogP contribution in [0.3, 0.4) is 0 Å². The molecule has 2 saturated carbocycles. The molecule has 21 heavy (non-hydrogen) atoms. The molecule has 1 unspecified atom stereocenters. The molecule has 0 aliphatic heterocycles. The van der Waals surface area contributed by atoms with Gasteiger partial charge in [0.1, 0.15) is 5.54 Å². The Morgan fingerprint density at radius 2 is 1.86 bits per heavy atom. The number of nitrogens with zero attached hydrogens (tertiary/aromatic N) is 1. The summed E-state index contributed by atoms with van der Waals surface area (Å²) < 4.78 is 0. The quantitative estimate of drug-likeness (QED) is 0.758. The van der Waals surface area contributed by atoms with E-state index in [2.05, 4.69) is 31.1 Å². The van der Waals surface area contributed by atoms with Crippen LogP contribution in [0, 0.1) is 5.41 Å². The minimum Gasteiger partial charge on any atom is -0.480 e. The Kier molecular flexibility index (Phi) is 4.99. The summed E-state index contributed by atoms with van der Waals surface area (Å²) in [4.78, 5) is 14.0. The largest absolute Gasteiger partial charge is 0.480 e. The first-order valence-corrected chi connectivity index (χ1v) is 8.43. The van der Waals surface area contributed by atoms with E-state index in [4.69, 9.17) is 0 Å². The maximum absolute atomic E-state index is 11.6. The lowest BCUT2D eigenvalue weighted by Crippen LogP contribution is -2.52. The van der Waals surface area contributed by atoms with Gasteiger partial charge >= 0.3 is 5.97 Å². The van der Waals surface area contributed by atoms with Crippen molar-refractivity contribution in [2.24, 2.45) is 5.41 Å². The molecule has 1 atom stereocenters. The number of nitrogens with one attached hydrogen (secondary N) is 1. The molecule has 122 valence electrons. The highest BCUT2D eigenvalue weighted by molar-refractivity contribution is 5.78. The van der Waals surface area contributed by atoms with Crippen LogP contribution in [0.25, 0.3) is 0 Å². The van der Waals surface area contributed by atoms with Crippen LogP contribution in [0.15, 0.2) is 0 Å². The molecule has 2 rings (SSSR count). The van der Waals surface area contributed by atoms with Gasteiger partial charge in [-0.1, -0.05) is 13.8 Å². The molecule has 0 saturated heterocycles. The summed E-state index contributed by atoms with van der Waals surface area (Å²) in [5.41, 5.74) is -0.288. The normalized spacial score (nSPS) is 25.8. The number of carbonyl (C=O) groups is 1. The summed E-state index contributed by atoms with van der Waals surface area (Å²) in [7, 11) is 2.16. The smallest absolute Gasteiger partial charge is 0.323 e. The zero-order valence-corrected chi connectivity index (χ0v) is 14.1. The molecule has 0 bridgehead atoms. The van der Waals surface area contributed by atoms with Crippen molar-refractivity contribution in [3.8, 4) is 0 Å². The van der Waals surface area contributed by atoms with Gasteiger partial charge in [-0.2, -0.15) is 0 Å². The van der Waals surface area contributed by atoms with Gasteiger partial charge < -0.3 is 10.0 Å². The maximum Gasteiger partial charge on any atom is 0.323 e. The Labute approximate surface area is 129 Å². The van der Waals surface area contributed by atoms with Crippen molar-refractivity contribution in [2.75, 3.05) is 13.6 Å². The number of hydrogen-bond donors (Lipinski definition) is 2. The van der Waals surface area contributed by atoms with E-state index in [1.165, 1.54) is 25.7 Å². The predicted molar refractivity (Wildman–Crippen MR) is 85.5 cm³/mol. The molecule has 2 fully saturated rings. The minimum atomic E-state index is -0.774. The Hall–Kier alpha value is -0.610. The summed E-state index contributed by atoms with van der Waals surface area (Å²) in [6.45, 7) is 7.40. The maximum atomic E-state index is 11.6. The fourth-order valence-corrected chi connectivity index (χ4v) is 3.33. The van der Waals surface area contributed by atoms with E-state index in [0.29, 0.717) is 23.9 Å². The molecule has 4 heteroatoms. The summed E-state index contributed by atoms with van der Waals surface area (Å²) >= 11 is 0. The van der Waals surface area contributed by atoms with Crippen LogP contribution in [0.2, 0.25) is 0 Å². The number of aliphatic carboxylic acids is 1. The van der Waals surface area contributed by atoms with Gasteiger partial charge in [0.2, 0.25) is 0 Å². The van der Waals surface area contributed by atoms with E-state index < -0.39 is 11.5 Å². The first kappa shape index (κ1) is 16.8. The van der Waals surface area contributed by atoms with Crippen LogP contribution in [0.4, 0.5) is 0 Å². The Bertz CT molecular complexity index is 369. The molecule has 0 heterocycles.